The van der Waals surface area contributed by atoms with Crippen LogP contribution < -0.4 is 9.46 Å². The van der Waals surface area contributed by atoms with Crippen molar-refractivity contribution in [2.45, 2.75) is 75.5 Å². The predicted molar refractivity (Wildman–Crippen MR) is 123 cm³/mol. The minimum atomic E-state index is -3.35. The number of likely N-dealkylation sites (tertiary alicyclic amines) is 1. The molecule has 3 aliphatic rings. The van der Waals surface area contributed by atoms with Gasteiger partial charge in [0.2, 0.25) is 15.9 Å². The molecule has 32 heavy (non-hydrogen) atoms. The van der Waals surface area contributed by atoms with E-state index in [4.69, 9.17) is 9.47 Å². The van der Waals surface area contributed by atoms with E-state index in [1.54, 1.807) is 7.11 Å². The molecule has 2 atom stereocenters. The number of sulfonamides is 1. The second kappa shape index (κ2) is 10.1. The highest BCUT2D eigenvalue weighted by Gasteiger charge is 2.41. The van der Waals surface area contributed by atoms with Crippen molar-refractivity contribution in [3.05, 3.63) is 29.8 Å². The maximum absolute atomic E-state index is 12.9. The molecular formula is C24H36N2O5S. The van der Waals surface area contributed by atoms with Crippen molar-refractivity contribution in [3.8, 4) is 5.75 Å². The maximum atomic E-state index is 12.9. The minimum Gasteiger partial charge on any atom is -0.496 e. The summed E-state index contributed by atoms with van der Waals surface area (Å²) in [5.41, 5.74) is 1.26. The first-order chi connectivity index (χ1) is 15.4. The Morgan fingerprint density at radius 2 is 1.81 bits per heavy atom. The van der Waals surface area contributed by atoms with Crippen LogP contribution in [-0.4, -0.2) is 63.9 Å². The number of hydrogen-bond acceptors (Lipinski definition) is 5. The van der Waals surface area contributed by atoms with Crippen molar-refractivity contribution in [1.29, 1.82) is 0 Å². The fraction of sp³-hybridized carbons (Fsp3) is 0.708. The van der Waals surface area contributed by atoms with E-state index >= 15 is 0 Å². The molecule has 0 unspecified atom stereocenters. The summed E-state index contributed by atoms with van der Waals surface area (Å²) in [7, 11) is -1.64. The Balaban J connectivity index is 1.37. The largest absolute Gasteiger partial charge is 0.496 e. The van der Waals surface area contributed by atoms with Gasteiger partial charge in [0.15, 0.2) is 0 Å². The molecule has 1 N–H and O–H groups in total. The number of nitrogens with zero attached hydrogens (tertiary/aromatic N) is 1. The molecule has 4 rings (SSSR count). The van der Waals surface area contributed by atoms with Gasteiger partial charge in [-0.3, -0.25) is 4.79 Å². The highest BCUT2D eigenvalue weighted by atomic mass is 32.2. The third-order valence-electron chi connectivity index (χ3n) is 7.11. The van der Waals surface area contributed by atoms with Gasteiger partial charge in [0, 0.05) is 18.5 Å². The Morgan fingerprint density at radius 3 is 2.47 bits per heavy atom. The molecular weight excluding hydrogens is 428 g/mol. The first kappa shape index (κ1) is 23.5. The van der Waals surface area contributed by atoms with E-state index in [1.165, 1.54) is 11.8 Å². The summed E-state index contributed by atoms with van der Waals surface area (Å²) in [5.74, 6) is 1.69. The zero-order valence-electron chi connectivity index (χ0n) is 19.2. The van der Waals surface area contributed by atoms with Crippen LogP contribution in [0.1, 0.15) is 62.8 Å². The van der Waals surface area contributed by atoms with Crippen LogP contribution >= 0.6 is 0 Å². The Labute approximate surface area is 191 Å². The molecule has 8 heteroatoms. The molecule has 1 aromatic rings. The molecule has 3 fully saturated rings. The van der Waals surface area contributed by atoms with Gasteiger partial charge >= 0.3 is 0 Å². The van der Waals surface area contributed by atoms with Crippen molar-refractivity contribution >= 4 is 15.9 Å². The molecule has 1 aliphatic heterocycles. The highest BCUT2D eigenvalue weighted by molar-refractivity contribution is 7.88. The topological polar surface area (TPSA) is 84.9 Å². The van der Waals surface area contributed by atoms with Crippen molar-refractivity contribution in [2.75, 3.05) is 26.5 Å². The van der Waals surface area contributed by atoms with Crippen LogP contribution in [0.2, 0.25) is 0 Å². The van der Waals surface area contributed by atoms with Crippen molar-refractivity contribution < 1.29 is 22.7 Å². The molecule has 2 saturated carbocycles. The Kier molecular flexibility index (Phi) is 7.42. The molecule has 0 radical (unpaired) electrons. The van der Waals surface area contributed by atoms with Crippen molar-refractivity contribution in [3.63, 3.8) is 0 Å². The zero-order valence-corrected chi connectivity index (χ0v) is 20.0. The SMILES string of the molecule is COc1ccccc1C1CCC(OC[C@H]2[C@@H](NS(C)(=O)=O)CCCN2C(=O)C2CC2)CC1. The molecule has 0 aromatic heterocycles. The number of benzene rings is 1. The predicted octanol–water partition coefficient (Wildman–Crippen LogP) is 3.06. The van der Waals surface area contributed by atoms with E-state index in [0.717, 1.165) is 57.1 Å². The van der Waals surface area contributed by atoms with E-state index in [-0.39, 0.29) is 30.0 Å². The summed E-state index contributed by atoms with van der Waals surface area (Å²) in [6.45, 7) is 1.07. The molecule has 1 heterocycles. The van der Waals surface area contributed by atoms with Gasteiger partial charge in [-0.15, -0.1) is 0 Å². The van der Waals surface area contributed by atoms with E-state index in [0.29, 0.717) is 19.1 Å². The van der Waals surface area contributed by atoms with Gasteiger partial charge < -0.3 is 14.4 Å². The number of piperidine rings is 1. The summed E-state index contributed by atoms with van der Waals surface area (Å²) < 4.78 is 38.5. The molecule has 1 amide bonds. The number of carbonyl (C=O) groups is 1. The number of nitrogens with one attached hydrogen (secondary N) is 1. The number of rotatable bonds is 8. The van der Waals surface area contributed by atoms with Crippen LogP contribution in [0, 0.1) is 5.92 Å². The minimum absolute atomic E-state index is 0.116. The van der Waals surface area contributed by atoms with Crippen LogP contribution in [0.15, 0.2) is 24.3 Å². The normalized spacial score (nSPS) is 29.0. The Bertz CT molecular complexity index is 893. The third kappa shape index (κ3) is 5.83. The van der Waals surface area contributed by atoms with E-state index in [9.17, 15) is 13.2 Å². The highest BCUT2D eigenvalue weighted by Crippen LogP contribution is 2.38. The molecule has 0 bridgehead atoms. The van der Waals surface area contributed by atoms with Crippen LogP contribution in [0.5, 0.6) is 5.75 Å². The summed E-state index contributed by atoms with van der Waals surface area (Å²) in [6, 6.07) is 7.70. The number of amides is 1. The van der Waals surface area contributed by atoms with E-state index in [1.807, 2.05) is 17.0 Å². The van der Waals surface area contributed by atoms with Crippen LogP contribution in [0.25, 0.3) is 0 Å². The molecule has 2 aliphatic carbocycles. The van der Waals surface area contributed by atoms with Gasteiger partial charge in [-0.25, -0.2) is 13.1 Å². The van der Waals surface area contributed by atoms with Crippen LogP contribution in [0.3, 0.4) is 0 Å². The number of ether oxygens (including phenoxy) is 2. The molecule has 7 nitrogen and oxygen atoms in total. The van der Waals surface area contributed by atoms with E-state index < -0.39 is 10.0 Å². The number of methoxy groups -OCH3 is 1. The molecule has 1 saturated heterocycles. The lowest BCUT2D eigenvalue weighted by atomic mass is 9.82. The fourth-order valence-electron chi connectivity index (χ4n) is 5.29. The average molecular weight is 465 g/mol. The van der Waals surface area contributed by atoms with Crippen molar-refractivity contribution in [1.82, 2.24) is 9.62 Å². The van der Waals surface area contributed by atoms with Gasteiger partial charge in [-0.05, 0) is 68.9 Å². The quantitative estimate of drug-likeness (QED) is 0.639. The zero-order chi connectivity index (χ0) is 22.7. The summed E-state index contributed by atoms with van der Waals surface area (Å²) in [6.07, 6.45) is 8.73. The first-order valence-electron chi connectivity index (χ1n) is 11.9. The maximum Gasteiger partial charge on any atom is 0.226 e. The van der Waals surface area contributed by atoms with Crippen molar-refractivity contribution in [2.24, 2.45) is 5.92 Å². The van der Waals surface area contributed by atoms with E-state index in [2.05, 4.69) is 16.9 Å². The van der Waals surface area contributed by atoms with Gasteiger partial charge in [0.25, 0.3) is 0 Å². The number of carbonyl (C=O) groups excluding carboxylic acids is 1. The lowest BCUT2D eigenvalue weighted by molar-refractivity contribution is -0.139. The monoisotopic (exact) mass is 464 g/mol. The lowest BCUT2D eigenvalue weighted by Gasteiger charge is -2.42. The van der Waals surface area contributed by atoms with Crippen LogP contribution in [0.4, 0.5) is 0 Å². The Morgan fingerprint density at radius 1 is 1.09 bits per heavy atom. The molecule has 178 valence electrons. The molecule has 0 spiro atoms. The smallest absolute Gasteiger partial charge is 0.226 e. The standard InChI is InChI=1S/C24H36N2O5S/c1-30-23-8-4-3-6-20(23)17-11-13-19(14-12-17)31-16-22-21(25-32(2,28)29)7-5-15-26(22)24(27)18-9-10-18/h3-4,6,8,17-19,21-22,25H,5,7,9-16H2,1-2H3/t17?,19?,21-,22-/m0/s1. The van der Waals surface area contributed by atoms with Gasteiger partial charge in [-0.2, -0.15) is 0 Å². The first-order valence-corrected chi connectivity index (χ1v) is 13.8. The van der Waals surface area contributed by atoms with Gasteiger partial charge in [0.1, 0.15) is 5.75 Å². The fourth-order valence-corrected chi connectivity index (χ4v) is 6.12. The second-order valence-corrected chi connectivity index (χ2v) is 11.3. The Hall–Kier alpha value is -1.64. The third-order valence-corrected chi connectivity index (χ3v) is 7.84. The van der Waals surface area contributed by atoms with Crippen LogP contribution in [-0.2, 0) is 19.6 Å². The van der Waals surface area contributed by atoms with Gasteiger partial charge in [-0.1, -0.05) is 18.2 Å². The number of hydrogen-bond donors (Lipinski definition) is 1. The van der Waals surface area contributed by atoms with Gasteiger partial charge in [0.05, 0.1) is 32.1 Å². The second-order valence-electron chi connectivity index (χ2n) is 9.56. The summed E-state index contributed by atoms with van der Waals surface area (Å²) in [5, 5.41) is 0. The lowest BCUT2D eigenvalue weighted by Crippen LogP contribution is -2.59. The summed E-state index contributed by atoms with van der Waals surface area (Å²) in [4.78, 5) is 14.8. The number of para-hydroxylation sites is 1. The average Bonchev–Trinajstić information content (AvgIpc) is 3.62. The summed E-state index contributed by atoms with van der Waals surface area (Å²) >= 11 is 0. The molecule has 1 aromatic carbocycles.